The molecule has 0 bridgehead atoms. The van der Waals surface area contributed by atoms with E-state index >= 15 is 0 Å². The summed E-state index contributed by atoms with van der Waals surface area (Å²) in [6, 6.07) is 4.06. The van der Waals surface area contributed by atoms with Crippen molar-refractivity contribution in [2.75, 3.05) is 5.23 Å². The van der Waals surface area contributed by atoms with E-state index in [0.717, 1.165) is 25.7 Å². The van der Waals surface area contributed by atoms with Crippen LogP contribution < -0.4 is 10.3 Å². The molecule has 0 spiro atoms. The van der Waals surface area contributed by atoms with Crippen molar-refractivity contribution in [1.82, 2.24) is 0 Å². The molecule has 1 rings (SSSR count). The highest BCUT2D eigenvalue weighted by Gasteiger charge is 2.06. The van der Waals surface area contributed by atoms with E-state index in [9.17, 15) is 9.90 Å². The Morgan fingerprint density at radius 3 is 2.40 bits per heavy atom. The average Bonchev–Trinajstić information content (AvgIpc) is 2.37. The Labute approximate surface area is 117 Å². The highest BCUT2D eigenvalue weighted by atomic mass is 16.8. The lowest BCUT2D eigenvalue weighted by Crippen LogP contribution is -2.13. The number of aliphatic carboxylic acids is 1. The Kier molecular flexibility index (Phi) is 6.83. The second-order valence-corrected chi connectivity index (χ2v) is 4.74. The van der Waals surface area contributed by atoms with Crippen LogP contribution in [0.15, 0.2) is 18.2 Å². The summed E-state index contributed by atoms with van der Waals surface area (Å²) in [5.74, 6) is -0.931. The van der Waals surface area contributed by atoms with Crippen LogP contribution in [0.4, 0.5) is 5.69 Å². The average molecular weight is 282 g/mol. The summed E-state index contributed by atoms with van der Waals surface area (Å²) in [7, 11) is 0. The van der Waals surface area contributed by atoms with Gasteiger partial charge in [0.2, 0.25) is 0 Å². The summed E-state index contributed by atoms with van der Waals surface area (Å²) < 4.78 is 0. The van der Waals surface area contributed by atoms with Gasteiger partial charge in [-0.25, -0.2) is 0 Å². The molecule has 0 saturated heterocycles. The van der Waals surface area contributed by atoms with Crippen LogP contribution in [-0.4, -0.2) is 21.5 Å². The van der Waals surface area contributed by atoms with Crippen LogP contribution in [0.2, 0.25) is 0 Å². The molecule has 0 aliphatic heterocycles. The number of nitrogens with zero attached hydrogens (tertiary/aromatic N) is 1. The minimum Gasteiger partial charge on any atom is -0.872 e. The van der Waals surface area contributed by atoms with Gasteiger partial charge in [0.05, 0.1) is 5.69 Å². The quantitative estimate of drug-likeness (QED) is 0.474. The van der Waals surface area contributed by atoms with Gasteiger partial charge in [0.1, 0.15) is 0 Å². The molecule has 0 aliphatic rings. The monoisotopic (exact) mass is 282 g/mol. The maximum Gasteiger partial charge on any atom is 0.303 e. The lowest BCUT2D eigenvalue weighted by atomic mass is 10.0. The van der Waals surface area contributed by atoms with Crippen LogP contribution >= 0.6 is 0 Å². The van der Waals surface area contributed by atoms with Crippen molar-refractivity contribution in [2.24, 2.45) is 0 Å². The molecule has 1 aromatic rings. The molecule has 6 nitrogen and oxygen atoms in total. The predicted molar refractivity (Wildman–Crippen MR) is 71.0 cm³/mol. The lowest BCUT2D eigenvalue weighted by molar-refractivity contribution is -0.268. The van der Waals surface area contributed by atoms with E-state index in [1.165, 1.54) is 18.2 Å². The van der Waals surface area contributed by atoms with Crippen molar-refractivity contribution in [3.63, 3.8) is 0 Å². The third-order valence-electron chi connectivity index (χ3n) is 3.10. The Hall–Kier alpha value is -1.79. The Bertz CT molecular complexity index is 434. The molecule has 0 aliphatic carbocycles. The first-order chi connectivity index (χ1) is 9.50. The number of unbranched alkanes of at least 4 members (excludes halogenated alkanes) is 4. The lowest BCUT2D eigenvalue weighted by Gasteiger charge is -2.16. The summed E-state index contributed by atoms with van der Waals surface area (Å²) in [6.45, 7) is 0. The van der Waals surface area contributed by atoms with Crippen LogP contribution in [-0.2, 0) is 11.2 Å². The molecule has 3 N–H and O–H groups in total. The van der Waals surface area contributed by atoms with Gasteiger partial charge in [0, 0.05) is 6.42 Å². The number of rotatable bonds is 9. The Morgan fingerprint density at radius 2 is 1.75 bits per heavy atom. The summed E-state index contributed by atoms with van der Waals surface area (Å²) in [5, 5.41) is 37.9. The van der Waals surface area contributed by atoms with Crippen molar-refractivity contribution in [3.8, 4) is 5.75 Å². The number of carboxylic acid groups (broad SMARTS) is 1. The summed E-state index contributed by atoms with van der Waals surface area (Å²) in [4.78, 5) is 10.3. The first kappa shape index (κ1) is 16.3. The fourth-order valence-electron chi connectivity index (χ4n) is 2.08. The van der Waals surface area contributed by atoms with Gasteiger partial charge in [0.15, 0.2) is 0 Å². The number of carboxylic acids is 1. The first-order valence-corrected chi connectivity index (χ1v) is 6.70. The van der Waals surface area contributed by atoms with E-state index < -0.39 is 5.97 Å². The zero-order chi connectivity index (χ0) is 15.0. The van der Waals surface area contributed by atoms with Crippen LogP contribution in [0, 0.1) is 0 Å². The van der Waals surface area contributed by atoms with Gasteiger partial charge < -0.3 is 10.2 Å². The molecule has 0 heterocycles. The van der Waals surface area contributed by atoms with E-state index in [1.54, 1.807) is 0 Å². The second kappa shape index (κ2) is 8.39. The Balaban J connectivity index is 2.31. The van der Waals surface area contributed by atoms with E-state index in [0.29, 0.717) is 18.4 Å². The van der Waals surface area contributed by atoms with E-state index in [2.05, 4.69) is 0 Å². The van der Waals surface area contributed by atoms with Gasteiger partial charge in [-0.2, -0.15) is 0 Å². The molecule has 20 heavy (non-hydrogen) atoms. The normalized spacial score (nSPS) is 10.5. The summed E-state index contributed by atoms with van der Waals surface area (Å²) in [6.07, 6.45) is 5.00. The molecule has 6 heteroatoms. The first-order valence-electron chi connectivity index (χ1n) is 6.70. The Morgan fingerprint density at radius 1 is 1.10 bits per heavy atom. The third-order valence-corrected chi connectivity index (χ3v) is 3.10. The smallest absolute Gasteiger partial charge is 0.303 e. The fraction of sp³-hybridized carbons (Fsp3) is 0.500. The molecular formula is C14H20NO5-. The van der Waals surface area contributed by atoms with Crippen molar-refractivity contribution in [2.45, 2.75) is 44.9 Å². The molecule has 0 atom stereocenters. The van der Waals surface area contributed by atoms with E-state index in [4.69, 9.17) is 15.5 Å². The van der Waals surface area contributed by atoms with Gasteiger partial charge in [0.25, 0.3) is 0 Å². The largest absolute Gasteiger partial charge is 0.872 e. The fourth-order valence-corrected chi connectivity index (χ4v) is 2.08. The van der Waals surface area contributed by atoms with Crippen LogP contribution in [0.5, 0.6) is 5.75 Å². The third kappa shape index (κ3) is 5.90. The van der Waals surface area contributed by atoms with Gasteiger partial charge in [-0.15, -0.1) is 11.0 Å². The SMILES string of the molecule is O=C(O)CCCCCCCc1cc([O-])ccc1N(O)O. The van der Waals surface area contributed by atoms with Crippen LogP contribution in [0.1, 0.15) is 44.1 Å². The number of aryl methyl sites for hydroxylation is 1. The molecule has 112 valence electrons. The molecule has 0 saturated carbocycles. The molecule has 0 fully saturated rings. The van der Waals surface area contributed by atoms with E-state index in [1.807, 2.05) is 0 Å². The van der Waals surface area contributed by atoms with Crippen molar-refractivity contribution >= 4 is 11.7 Å². The number of hydrogen-bond donors (Lipinski definition) is 3. The molecule has 1 aromatic carbocycles. The van der Waals surface area contributed by atoms with Gasteiger partial charge in [-0.1, -0.05) is 31.4 Å². The number of hydrogen-bond acceptors (Lipinski definition) is 5. The number of carbonyl (C=O) groups is 1. The van der Waals surface area contributed by atoms with Crippen LogP contribution in [0.3, 0.4) is 0 Å². The van der Waals surface area contributed by atoms with Crippen molar-refractivity contribution in [3.05, 3.63) is 23.8 Å². The second-order valence-electron chi connectivity index (χ2n) is 4.74. The maximum atomic E-state index is 11.3. The zero-order valence-corrected chi connectivity index (χ0v) is 11.3. The predicted octanol–water partition coefficient (Wildman–Crippen LogP) is 2.31. The standard InChI is InChI=1S/C14H21NO5/c16-12-8-9-13(15(19)20)11(10-12)6-4-2-1-3-5-7-14(17)18/h8-10,16,19-20H,1-7H2,(H,17,18)/p-1. The number of anilines is 1. The van der Waals surface area contributed by atoms with Crippen molar-refractivity contribution < 1.29 is 25.4 Å². The van der Waals surface area contributed by atoms with Gasteiger partial charge in [-0.05, 0) is 30.9 Å². The molecule has 0 aromatic heterocycles. The highest BCUT2D eigenvalue weighted by molar-refractivity contribution is 5.66. The summed E-state index contributed by atoms with van der Waals surface area (Å²) in [5.41, 5.74) is 0.823. The van der Waals surface area contributed by atoms with Crippen LogP contribution in [0.25, 0.3) is 0 Å². The molecule has 0 amide bonds. The van der Waals surface area contributed by atoms with Crippen molar-refractivity contribution in [1.29, 1.82) is 0 Å². The molecular weight excluding hydrogens is 262 g/mol. The van der Waals surface area contributed by atoms with E-state index in [-0.39, 0.29) is 23.1 Å². The maximum absolute atomic E-state index is 11.3. The minimum absolute atomic E-state index is 0.0294. The van der Waals surface area contributed by atoms with Gasteiger partial charge >= 0.3 is 5.97 Å². The minimum atomic E-state index is -0.770. The summed E-state index contributed by atoms with van der Waals surface area (Å²) >= 11 is 0. The molecule has 0 unspecified atom stereocenters. The zero-order valence-electron chi connectivity index (χ0n) is 11.3. The van der Waals surface area contributed by atoms with Gasteiger partial charge in [-0.3, -0.25) is 15.2 Å². The molecule has 0 radical (unpaired) electrons. The topological polar surface area (TPSA) is 104 Å². The highest BCUT2D eigenvalue weighted by Crippen LogP contribution is 2.24. The number of benzene rings is 1.